The van der Waals surface area contributed by atoms with Gasteiger partial charge in [-0.1, -0.05) is 293 Å². The van der Waals surface area contributed by atoms with Crippen molar-refractivity contribution in [3.63, 3.8) is 0 Å². The van der Waals surface area contributed by atoms with Gasteiger partial charge in [-0.15, -0.1) is 11.3 Å². The first kappa shape index (κ1) is 65.6. The zero-order valence-electron chi connectivity index (χ0n) is 61.6. The first-order valence-corrected chi connectivity index (χ1v) is 39.2. The van der Waals surface area contributed by atoms with Crippen LogP contribution in [-0.2, 0) is 5.41 Å². The van der Waals surface area contributed by atoms with E-state index >= 15 is 0 Å². The lowest BCUT2D eigenvalue weighted by atomic mass is 9.81. The standard InChI is InChI=1S/C37H26N2.C34H20N2O.C34H20N2S/c1-37(2)33-17-16-24(36-38-19-18-35(39-36)23-10-4-3-5-11-23)20-31(33)32-21-29-27-14-8-6-12-25(27)26-13-7-9-15-28(26)30(29)22-34(32)37;1-2-9-21(10-3-1)30-19-20-35-34(36-30)29-16-8-15-27-28-18-17-26-24-13-5-4-11-22(24)23-12-6-7-14-25(23)31(26)33(28)37-32(27)29;1-2-9-21(10-3-1)31-17-18-35-34(36-31)27-16-8-15-26-30-19-28-24-13-6-4-11-22(24)23-12-5-7-14-25(23)29(28)20-32(30)37-33(26)27/h3-22H,1-2H3;2*1-20H. The van der Waals surface area contributed by atoms with Gasteiger partial charge in [0.15, 0.2) is 17.5 Å². The van der Waals surface area contributed by atoms with Gasteiger partial charge >= 0.3 is 0 Å². The molecule has 0 saturated heterocycles. The van der Waals surface area contributed by atoms with E-state index in [1.54, 1.807) is 0 Å². The van der Waals surface area contributed by atoms with Gasteiger partial charge in [0.25, 0.3) is 0 Å². The Morgan fingerprint density at radius 3 is 1.13 bits per heavy atom. The summed E-state index contributed by atoms with van der Waals surface area (Å²) in [6.07, 6.45) is 5.55. The lowest BCUT2D eigenvalue weighted by Gasteiger charge is -2.22. The van der Waals surface area contributed by atoms with E-state index in [1.807, 2.05) is 109 Å². The third-order valence-electron chi connectivity index (χ3n) is 23.2. The molecule has 18 aromatic carbocycles. The Hall–Kier alpha value is -14.4. The summed E-state index contributed by atoms with van der Waals surface area (Å²) in [7, 11) is 0. The molecule has 113 heavy (non-hydrogen) atoms. The molecule has 0 fully saturated rings. The molecule has 24 rings (SSSR count). The number of rotatable bonds is 6. The minimum absolute atomic E-state index is 0.100. The maximum Gasteiger partial charge on any atom is 0.163 e. The molecule has 0 spiro atoms. The lowest BCUT2D eigenvalue weighted by Crippen LogP contribution is -2.14. The number of benzene rings is 18. The molecule has 0 radical (unpaired) electrons. The second-order valence-corrected chi connectivity index (χ2v) is 30.9. The molecular weight excluding hydrogens is 1390 g/mol. The number of hydrogen-bond acceptors (Lipinski definition) is 8. The molecule has 0 aliphatic heterocycles. The van der Waals surface area contributed by atoms with Gasteiger partial charge in [-0.2, -0.15) is 0 Å². The first-order chi connectivity index (χ1) is 55.8. The van der Waals surface area contributed by atoms with Gasteiger partial charge < -0.3 is 4.42 Å². The minimum atomic E-state index is -0.100. The Morgan fingerprint density at radius 1 is 0.239 bits per heavy atom. The Kier molecular flexibility index (Phi) is 15.3. The molecule has 5 heterocycles. The molecule has 7 nitrogen and oxygen atoms in total. The fraction of sp³-hybridized carbons (Fsp3) is 0.0286. The topological polar surface area (TPSA) is 90.5 Å². The molecular formula is C105H66N6OS. The molecule has 0 N–H and O–H groups in total. The van der Waals surface area contributed by atoms with Crippen LogP contribution in [0.25, 0.3) is 218 Å². The second-order valence-electron chi connectivity index (χ2n) is 29.8. The molecule has 0 atom stereocenters. The van der Waals surface area contributed by atoms with Crippen LogP contribution in [0.4, 0.5) is 0 Å². The Labute approximate surface area is 654 Å². The lowest BCUT2D eigenvalue weighted by molar-refractivity contribution is 0.661. The summed E-state index contributed by atoms with van der Waals surface area (Å²) in [5.41, 5.74) is 16.0. The zero-order chi connectivity index (χ0) is 74.8. The van der Waals surface area contributed by atoms with Crippen molar-refractivity contribution < 1.29 is 4.42 Å². The first-order valence-electron chi connectivity index (χ1n) is 38.4. The molecule has 23 aromatic rings. The smallest absolute Gasteiger partial charge is 0.163 e. The largest absolute Gasteiger partial charge is 0.455 e. The predicted octanol–water partition coefficient (Wildman–Crippen LogP) is 28.4. The number of aromatic nitrogens is 6. The number of nitrogens with zero attached hydrogens (tertiary/aromatic N) is 6. The Morgan fingerprint density at radius 2 is 0.611 bits per heavy atom. The second kappa shape index (κ2) is 26.4. The third-order valence-corrected chi connectivity index (χ3v) is 24.4. The highest BCUT2D eigenvalue weighted by atomic mass is 32.1. The monoisotopic (exact) mass is 1460 g/mol. The van der Waals surface area contributed by atoms with E-state index in [-0.39, 0.29) is 5.41 Å². The average molecular weight is 1460 g/mol. The van der Waals surface area contributed by atoms with Crippen molar-refractivity contribution in [1.29, 1.82) is 0 Å². The van der Waals surface area contributed by atoms with E-state index in [0.717, 1.165) is 89.4 Å². The average Bonchev–Trinajstić information content (AvgIpc) is 1.61. The van der Waals surface area contributed by atoms with Crippen LogP contribution >= 0.6 is 11.3 Å². The van der Waals surface area contributed by atoms with Crippen LogP contribution in [0, 0.1) is 0 Å². The van der Waals surface area contributed by atoms with Crippen LogP contribution in [-0.4, -0.2) is 29.9 Å². The van der Waals surface area contributed by atoms with Crippen LogP contribution in [0.5, 0.6) is 0 Å². The van der Waals surface area contributed by atoms with Gasteiger partial charge in [0.05, 0.1) is 22.6 Å². The SMILES string of the molecule is CC1(C)c2ccc(-c3nccc(-c4ccccc4)n3)cc2-c2cc3c4ccccc4c4ccccc4c3cc21.c1ccc(-c2ccnc(-c3cccc4c3oc3c4ccc4c5ccccc5c5ccccc5c43)n2)cc1.c1ccc(-c2ccnc(-c3cccc4c3sc3cc5c6ccccc6c6ccccc6c5cc34)n2)cc1. The molecule has 528 valence electrons. The van der Waals surface area contributed by atoms with E-state index < -0.39 is 0 Å². The maximum atomic E-state index is 6.77. The highest BCUT2D eigenvalue weighted by Gasteiger charge is 2.37. The fourth-order valence-electron chi connectivity index (χ4n) is 17.9. The Balaban J connectivity index is 0.000000104. The van der Waals surface area contributed by atoms with Crippen molar-refractivity contribution in [3.05, 3.63) is 376 Å². The van der Waals surface area contributed by atoms with Crippen LogP contribution in [0.1, 0.15) is 25.0 Å². The summed E-state index contributed by atoms with van der Waals surface area (Å²) in [5, 5.41) is 27.6. The fourth-order valence-corrected chi connectivity index (χ4v) is 19.1. The molecule has 0 saturated carbocycles. The van der Waals surface area contributed by atoms with Crippen molar-refractivity contribution in [2.24, 2.45) is 0 Å². The molecule has 0 amide bonds. The molecule has 1 aliphatic carbocycles. The van der Waals surface area contributed by atoms with Crippen molar-refractivity contribution in [2.45, 2.75) is 19.3 Å². The summed E-state index contributed by atoms with van der Waals surface area (Å²) in [5.74, 6) is 2.17. The van der Waals surface area contributed by atoms with Gasteiger partial charge in [-0.05, 0) is 181 Å². The molecule has 0 unspecified atom stereocenters. The van der Waals surface area contributed by atoms with Gasteiger partial charge in [0, 0.05) is 88.2 Å². The van der Waals surface area contributed by atoms with E-state index in [9.17, 15) is 0 Å². The van der Waals surface area contributed by atoms with E-state index in [2.05, 4.69) is 296 Å². The summed E-state index contributed by atoms with van der Waals surface area (Å²) in [6.45, 7) is 4.69. The van der Waals surface area contributed by atoms with Crippen molar-refractivity contribution in [2.75, 3.05) is 0 Å². The predicted molar refractivity (Wildman–Crippen MR) is 474 cm³/mol. The summed E-state index contributed by atoms with van der Waals surface area (Å²) >= 11 is 1.83. The van der Waals surface area contributed by atoms with E-state index in [0.29, 0.717) is 5.82 Å². The Bertz CT molecular complexity index is 7750. The van der Waals surface area contributed by atoms with Crippen LogP contribution in [0.15, 0.2) is 369 Å². The summed E-state index contributed by atoms with van der Waals surface area (Å²) in [4.78, 5) is 28.8. The maximum absolute atomic E-state index is 6.77. The van der Waals surface area contributed by atoms with Crippen LogP contribution in [0.3, 0.4) is 0 Å². The number of hydrogen-bond donors (Lipinski definition) is 0. The van der Waals surface area contributed by atoms with Gasteiger partial charge in [0.1, 0.15) is 11.2 Å². The van der Waals surface area contributed by atoms with Crippen molar-refractivity contribution in [1.82, 2.24) is 29.9 Å². The quantitative estimate of drug-likeness (QED) is 0.153. The van der Waals surface area contributed by atoms with Crippen molar-refractivity contribution >= 4 is 150 Å². The number of fused-ring (bicyclic) bond motifs is 28. The van der Waals surface area contributed by atoms with Crippen LogP contribution < -0.4 is 0 Å². The molecule has 0 bridgehead atoms. The number of furan rings is 1. The number of thiophene rings is 1. The molecule has 1 aliphatic rings. The minimum Gasteiger partial charge on any atom is -0.455 e. The van der Waals surface area contributed by atoms with Gasteiger partial charge in [-0.25, -0.2) is 29.9 Å². The normalized spacial score (nSPS) is 12.4. The third kappa shape index (κ3) is 10.8. The van der Waals surface area contributed by atoms with Gasteiger partial charge in [0.2, 0.25) is 0 Å². The zero-order valence-corrected chi connectivity index (χ0v) is 62.5. The van der Waals surface area contributed by atoms with E-state index in [1.165, 1.54) is 134 Å². The van der Waals surface area contributed by atoms with Crippen molar-refractivity contribution in [3.8, 4) is 79.1 Å². The van der Waals surface area contributed by atoms with Crippen LogP contribution in [0.2, 0.25) is 0 Å². The molecule has 8 heteroatoms. The highest BCUT2D eigenvalue weighted by Crippen LogP contribution is 2.53. The highest BCUT2D eigenvalue weighted by molar-refractivity contribution is 7.26. The molecule has 5 aromatic heterocycles. The number of para-hydroxylation sites is 1. The van der Waals surface area contributed by atoms with Gasteiger partial charge in [-0.3, -0.25) is 0 Å². The van der Waals surface area contributed by atoms with E-state index in [4.69, 9.17) is 19.4 Å². The summed E-state index contributed by atoms with van der Waals surface area (Å²) < 4.78 is 9.29. The summed E-state index contributed by atoms with van der Waals surface area (Å²) in [6, 6.07) is 123.